The van der Waals surface area contributed by atoms with Crippen molar-refractivity contribution >= 4 is 35.6 Å². The molecule has 0 fully saturated rings. The maximum Gasteiger partial charge on any atom is 0.178 e. The molecule has 0 radical (unpaired) electrons. The molecule has 1 aromatic rings. The standard InChI is InChI=1S/C14H21BrO4S2/c1-14(2,3)11(9-15)10-21(18,19)13-7-5-12(6-8-13)20(4,16)17/h5-8,11H,9-10H2,1-4H3. The van der Waals surface area contributed by atoms with Crippen LogP contribution < -0.4 is 0 Å². The van der Waals surface area contributed by atoms with Crippen molar-refractivity contribution in [1.29, 1.82) is 0 Å². The molecule has 4 nitrogen and oxygen atoms in total. The second-order valence-electron chi connectivity index (χ2n) is 6.24. The molecule has 0 saturated carbocycles. The van der Waals surface area contributed by atoms with E-state index in [9.17, 15) is 16.8 Å². The number of alkyl halides is 1. The minimum absolute atomic E-state index is 0.0277. The molecular weight excluding hydrogens is 376 g/mol. The van der Waals surface area contributed by atoms with Gasteiger partial charge in [0.05, 0.1) is 15.5 Å². The maximum atomic E-state index is 12.4. The van der Waals surface area contributed by atoms with Crippen LogP contribution in [0.15, 0.2) is 34.1 Å². The van der Waals surface area contributed by atoms with Crippen molar-refractivity contribution in [1.82, 2.24) is 0 Å². The van der Waals surface area contributed by atoms with Crippen molar-refractivity contribution in [3.05, 3.63) is 24.3 Å². The average Bonchev–Trinajstić information content (AvgIpc) is 2.34. The third-order valence-electron chi connectivity index (χ3n) is 3.44. The molecule has 0 aliphatic heterocycles. The highest BCUT2D eigenvalue weighted by molar-refractivity contribution is 9.09. The monoisotopic (exact) mass is 396 g/mol. The van der Waals surface area contributed by atoms with E-state index in [1.807, 2.05) is 20.8 Å². The summed E-state index contributed by atoms with van der Waals surface area (Å²) < 4.78 is 47.7. The van der Waals surface area contributed by atoms with Gasteiger partial charge in [-0.15, -0.1) is 0 Å². The summed E-state index contributed by atoms with van der Waals surface area (Å²) in [6.45, 7) is 6.00. The van der Waals surface area contributed by atoms with Crippen molar-refractivity contribution in [2.24, 2.45) is 11.3 Å². The van der Waals surface area contributed by atoms with Gasteiger partial charge >= 0.3 is 0 Å². The average molecular weight is 397 g/mol. The summed E-state index contributed by atoms with van der Waals surface area (Å²) in [5, 5.41) is 0.594. The number of sulfone groups is 2. The Morgan fingerprint density at radius 3 is 1.76 bits per heavy atom. The van der Waals surface area contributed by atoms with Gasteiger partial charge in [0, 0.05) is 11.6 Å². The van der Waals surface area contributed by atoms with Gasteiger partial charge < -0.3 is 0 Å². The lowest BCUT2D eigenvalue weighted by molar-refractivity contribution is 0.291. The molecule has 120 valence electrons. The minimum atomic E-state index is -3.44. The number of benzene rings is 1. The second-order valence-corrected chi connectivity index (χ2v) is 10.9. The highest BCUT2D eigenvalue weighted by Gasteiger charge is 2.29. The molecule has 0 N–H and O–H groups in total. The predicted molar refractivity (Wildman–Crippen MR) is 88.3 cm³/mol. The summed E-state index contributed by atoms with van der Waals surface area (Å²) in [6.07, 6.45) is 1.09. The highest BCUT2D eigenvalue weighted by atomic mass is 79.9. The van der Waals surface area contributed by atoms with E-state index in [-0.39, 0.29) is 26.9 Å². The van der Waals surface area contributed by atoms with Gasteiger partial charge in [0.15, 0.2) is 19.7 Å². The van der Waals surface area contributed by atoms with Crippen molar-refractivity contribution in [3.8, 4) is 0 Å². The Morgan fingerprint density at radius 2 is 1.43 bits per heavy atom. The van der Waals surface area contributed by atoms with Crippen molar-refractivity contribution < 1.29 is 16.8 Å². The van der Waals surface area contributed by atoms with Crippen LogP contribution in [0.2, 0.25) is 0 Å². The molecule has 0 aromatic heterocycles. The fourth-order valence-corrected chi connectivity index (χ4v) is 5.81. The van der Waals surface area contributed by atoms with E-state index in [2.05, 4.69) is 15.9 Å². The third kappa shape index (κ3) is 5.07. The van der Waals surface area contributed by atoms with Crippen LogP contribution in [0.5, 0.6) is 0 Å². The van der Waals surface area contributed by atoms with Crippen LogP contribution in [-0.4, -0.2) is 34.2 Å². The van der Waals surface area contributed by atoms with Crippen molar-refractivity contribution in [3.63, 3.8) is 0 Å². The van der Waals surface area contributed by atoms with E-state index in [4.69, 9.17) is 0 Å². The summed E-state index contributed by atoms with van der Waals surface area (Å²) in [5.41, 5.74) is -0.136. The maximum absolute atomic E-state index is 12.4. The predicted octanol–water partition coefficient (Wildman–Crippen LogP) is 2.92. The Kier molecular flexibility index (Phi) is 5.67. The lowest BCUT2D eigenvalue weighted by atomic mass is 9.83. The smallest absolute Gasteiger partial charge is 0.178 e. The summed E-state index contributed by atoms with van der Waals surface area (Å²) in [5.74, 6) is -0.00273. The van der Waals surface area contributed by atoms with Crippen LogP contribution in [0.4, 0.5) is 0 Å². The zero-order chi connectivity index (χ0) is 16.5. The molecule has 0 bridgehead atoms. The van der Waals surface area contributed by atoms with E-state index >= 15 is 0 Å². The summed E-state index contributed by atoms with van der Waals surface area (Å²) in [7, 11) is -6.76. The van der Waals surface area contributed by atoms with Gasteiger partial charge in [-0.25, -0.2) is 16.8 Å². The molecule has 0 heterocycles. The zero-order valence-electron chi connectivity index (χ0n) is 12.6. The van der Waals surface area contributed by atoms with Crippen LogP contribution in [0.3, 0.4) is 0 Å². The molecule has 0 spiro atoms. The molecule has 1 rings (SSSR count). The van der Waals surface area contributed by atoms with Gasteiger partial charge in [0.1, 0.15) is 0 Å². The third-order valence-corrected chi connectivity index (χ3v) is 7.18. The largest absolute Gasteiger partial charge is 0.224 e. The highest BCUT2D eigenvalue weighted by Crippen LogP contribution is 2.30. The lowest BCUT2D eigenvalue weighted by Gasteiger charge is -2.28. The Bertz CT molecular complexity index is 683. The molecule has 0 amide bonds. The van der Waals surface area contributed by atoms with Gasteiger partial charge in [-0.3, -0.25) is 0 Å². The zero-order valence-corrected chi connectivity index (χ0v) is 15.8. The van der Waals surface area contributed by atoms with E-state index in [0.717, 1.165) is 6.26 Å². The molecule has 1 atom stereocenters. The molecule has 0 saturated heterocycles. The number of hydrogen-bond donors (Lipinski definition) is 0. The van der Waals surface area contributed by atoms with E-state index in [1.165, 1.54) is 24.3 Å². The number of rotatable bonds is 5. The molecule has 21 heavy (non-hydrogen) atoms. The second kappa shape index (κ2) is 6.38. The Hall–Kier alpha value is -0.400. The fourth-order valence-electron chi connectivity index (χ4n) is 1.78. The Balaban J connectivity index is 3.09. The van der Waals surface area contributed by atoms with Crippen LogP contribution >= 0.6 is 15.9 Å². The quantitative estimate of drug-likeness (QED) is 0.717. The van der Waals surface area contributed by atoms with Crippen molar-refractivity contribution in [2.75, 3.05) is 17.3 Å². The van der Waals surface area contributed by atoms with Crippen LogP contribution in [-0.2, 0) is 19.7 Å². The SMILES string of the molecule is CC(C)(C)C(CBr)CS(=O)(=O)c1ccc(S(C)(=O)=O)cc1. The first kappa shape index (κ1) is 18.6. The van der Waals surface area contributed by atoms with Gasteiger partial charge in [-0.05, 0) is 35.6 Å². The van der Waals surface area contributed by atoms with Gasteiger partial charge in [-0.2, -0.15) is 0 Å². The fraction of sp³-hybridized carbons (Fsp3) is 0.571. The summed E-state index contributed by atoms with van der Waals surface area (Å²) in [6, 6.07) is 5.39. The molecule has 0 aliphatic rings. The van der Waals surface area contributed by atoms with Gasteiger partial charge in [0.2, 0.25) is 0 Å². The summed E-state index contributed by atoms with van der Waals surface area (Å²) in [4.78, 5) is 0.277. The topological polar surface area (TPSA) is 68.3 Å². The van der Waals surface area contributed by atoms with Crippen LogP contribution in [0, 0.1) is 11.3 Å². The van der Waals surface area contributed by atoms with Crippen LogP contribution in [0.25, 0.3) is 0 Å². The Morgan fingerprint density at radius 1 is 1.00 bits per heavy atom. The molecular formula is C14H21BrO4S2. The first-order valence-corrected chi connectivity index (χ1v) is 11.1. The molecule has 0 aliphatic carbocycles. The lowest BCUT2D eigenvalue weighted by Crippen LogP contribution is -2.29. The number of hydrogen-bond acceptors (Lipinski definition) is 4. The van der Waals surface area contributed by atoms with E-state index in [1.54, 1.807) is 0 Å². The van der Waals surface area contributed by atoms with Crippen LogP contribution in [0.1, 0.15) is 20.8 Å². The van der Waals surface area contributed by atoms with Gasteiger partial charge in [0.25, 0.3) is 0 Å². The minimum Gasteiger partial charge on any atom is -0.224 e. The first-order chi connectivity index (χ1) is 9.38. The van der Waals surface area contributed by atoms with Crippen molar-refractivity contribution in [2.45, 2.75) is 30.6 Å². The Labute approximate surface area is 135 Å². The van der Waals surface area contributed by atoms with E-state index < -0.39 is 19.7 Å². The molecule has 7 heteroatoms. The molecule has 1 aromatic carbocycles. The number of halogens is 1. The van der Waals surface area contributed by atoms with Gasteiger partial charge in [-0.1, -0.05) is 36.7 Å². The summed E-state index contributed by atoms with van der Waals surface area (Å²) >= 11 is 3.37. The first-order valence-electron chi connectivity index (χ1n) is 6.47. The molecule has 1 unspecified atom stereocenters. The van der Waals surface area contributed by atoms with E-state index in [0.29, 0.717) is 5.33 Å². The normalized spacial score (nSPS) is 14.9.